The molecule has 5 nitrogen and oxygen atoms in total. The number of unbranched alkanes of at least 4 members (excludes halogenated alkanes) is 2. The number of aliphatic imine (C=N–C) groups is 1. The van der Waals surface area contributed by atoms with Gasteiger partial charge in [-0.2, -0.15) is 0 Å². The highest BCUT2D eigenvalue weighted by Crippen LogP contribution is 2.26. The molecule has 0 bridgehead atoms. The lowest BCUT2D eigenvalue weighted by Crippen LogP contribution is -2.44. The lowest BCUT2D eigenvalue weighted by molar-refractivity contribution is 0.415. The molecule has 1 heterocycles. The Morgan fingerprint density at radius 3 is 2.89 bits per heavy atom. The first kappa shape index (κ1) is 23.9. The number of hydrogen-bond donors (Lipinski definition) is 2. The fourth-order valence-corrected chi connectivity index (χ4v) is 3.48. The largest absolute Gasteiger partial charge is 0.497 e. The van der Waals surface area contributed by atoms with Crippen LogP contribution in [-0.2, 0) is 0 Å². The predicted octanol–water partition coefficient (Wildman–Crippen LogP) is 4.27. The molecule has 2 unspecified atom stereocenters. The summed E-state index contributed by atoms with van der Waals surface area (Å²) in [6, 6.07) is 8.80. The summed E-state index contributed by atoms with van der Waals surface area (Å²) in [7, 11) is 3.57. The average molecular weight is 488 g/mol. The van der Waals surface area contributed by atoms with E-state index in [9.17, 15) is 0 Å². The predicted molar refractivity (Wildman–Crippen MR) is 127 cm³/mol. The molecule has 0 aromatic heterocycles. The molecule has 6 heteroatoms. The van der Waals surface area contributed by atoms with Crippen LogP contribution in [0.3, 0.4) is 0 Å². The van der Waals surface area contributed by atoms with E-state index in [0.29, 0.717) is 12.0 Å². The van der Waals surface area contributed by atoms with Gasteiger partial charge in [-0.25, -0.2) is 0 Å². The van der Waals surface area contributed by atoms with Crippen molar-refractivity contribution in [2.24, 2.45) is 10.9 Å². The highest BCUT2D eigenvalue weighted by atomic mass is 127. The lowest BCUT2D eigenvalue weighted by atomic mass is 10.1. The van der Waals surface area contributed by atoms with Gasteiger partial charge in [0.1, 0.15) is 5.75 Å². The summed E-state index contributed by atoms with van der Waals surface area (Å²) in [5, 5.41) is 7.03. The molecule has 1 fully saturated rings. The van der Waals surface area contributed by atoms with Crippen molar-refractivity contribution in [2.45, 2.75) is 52.0 Å². The molecule has 0 radical (unpaired) electrons. The second kappa shape index (κ2) is 13.1. The van der Waals surface area contributed by atoms with Gasteiger partial charge in [-0.1, -0.05) is 32.3 Å². The Morgan fingerprint density at radius 2 is 2.19 bits per heavy atom. The first-order chi connectivity index (χ1) is 12.7. The van der Waals surface area contributed by atoms with Crippen molar-refractivity contribution in [1.29, 1.82) is 0 Å². The van der Waals surface area contributed by atoms with E-state index in [1.165, 1.54) is 37.8 Å². The molecule has 27 heavy (non-hydrogen) atoms. The maximum Gasteiger partial charge on any atom is 0.191 e. The van der Waals surface area contributed by atoms with Gasteiger partial charge >= 0.3 is 0 Å². The summed E-state index contributed by atoms with van der Waals surface area (Å²) in [5.41, 5.74) is 1.25. The highest BCUT2D eigenvalue weighted by molar-refractivity contribution is 14.0. The van der Waals surface area contributed by atoms with Gasteiger partial charge < -0.3 is 20.3 Å². The molecule has 1 aromatic carbocycles. The molecule has 1 aliphatic heterocycles. The summed E-state index contributed by atoms with van der Waals surface area (Å²) < 4.78 is 5.34. The quantitative estimate of drug-likeness (QED) is 0.236. The molecule has 2 N–H and O–H groups in total. The Labute approximate surface area is 182 Å². The van der Waals surface area contributed by atoms with Crippen LogP contribution in [-0.4, -0.2) is 45.8 Å². The third-order valence-corrected chi connectivity index (χ3v) is 5.11. The number of benzene rings is 1. The Kier molecular flexibility index (Phi) is 11.6. The SMILES string of the molecule is CCCCCC(C)NC(=NC)NCC1CCN(c2cccc(OC)c2)C1.I. The maximum atomic E-state index is 5.34. The number of methoxy groups -OCH3 is 1. The van der Waals surface area contributed by atoms with Crippen molar-refractivity contribution >= 4 is 35.6 Å². The molecule has 2 rings (SSSR count). The normalized spacial score (nSPS) is 18.0. The number of ether oxygens (including phenoxy) is 1. The van der Waals surface area contributed by atoms with Crippen LogP contribution in [0.5, 0.6) is 5.75 Å². The van der Waals surface area contributed by atoms with Crippen LogP contribution in [0, 0.1) is 5.92 Å². The standard InChI is InChI=1S/C21H36N4O.HI/c1-5-6-7-9-17(2)24-21(22-3)23-15-18-12-13-25(16-18)19-10-8-11-20(14-19)26-4;/h8,10-11,14,17-18H,5-7,9,12-13,15-16H2,1-4H3,(H2,22,23,24);1H. The van der Waals surface area contributed by atoms with Crippen molar-refractivity contribution in [3.63, 3.8) is 0 Å². The Hall–Kier alpha value is -1.18. The molecule has 1 saturated heterocycles. The van der Waals surface area contributed by atoms with E-state index in [1.807, 2.05) is 13.1 Å². The van der Waals surface area contributed by atoms with Crippen molar-refractivity contribution < 1.29 is 4.74 Å². The fourth-order valence-electron chi connectivity index (χ4n) is 3.48. The first-order valence-electron chi connectivity index (χ1n) is 10.0. The smallest absolute Gasteiger partial charge is 0.191 e. The van der Waals surface area contributed by atoms with E-state index in [4.69, 9.17) is 4.74 Å². The Bertz CT molecular complexity index is 567. The molecule has 0 saturated carbocycles. The summed E-state index contributed by atoms with van der Waals surface area (Å²) in [4.78, 5) is 6.82. The van der Waals surface area contributed by atoms with E-state index in [1.54, 1.807) is 7.11 Å². The molecule has 2 atom stereocenters. The van der Waals surface area contributed by atoms with Crippen molar-refractivity contribution in [2.75, 3.05) is 38.7 Å². The number of halogens is 1. The third-order valence-electron chi connectivity index (χ3n) is 5.11. The van der Waals surface area contributed by atoms with E-state index in [-0.39, 0.29) is 24.0 Å². The van der Waals surface area contributed by atoms with E-state index in [2.05, 4.69) is 52.6 Å². The number of anilines is 1. The second-order valence-corrected chi connectivity index (χ2v) is 7.30. The zero-order valence-corrected chi connectivity index (χ0v) is 19.7. The average Bonchev–Trinajstić information content (AvgIpc) is 3.14. The van der Waals surface area contributed by atoms with E-state index in [0.717, 1.165) is 31.3 Å². The van der Waals surface area contributed by atoms with Crippen LogP contribution in [0.25, 0.3) is 0 Å². The molecule has 0 amide bonds. The Balaban J connectivity index is 0.00000364. The fraction of sp³-hybridized carbons (Fsp3) is 0.667. The number of nitrogens with one attached hydrogen (secondary N) is 2. The van der Waals surface area contributed by atoms with Gasteiger partial charge in [0.15, 0.2) is 5.96 Å². The lowest BCUT2D eigenvalue weighted by Gasteiger charge is -2.21. The minimum atomic E-state index is 0. The van der Waals surface area contributed by atoms with E-state index >= 15 is 0 Å². The van der Waals surface area contributed by atoms with Gasteiger partial charge in [-0.15, -0.1) is 24.0 Å². The monoisotopic (exact) mass is 488 g/mol. The summed E-state index contributed by atoms with van der Waals surface area (Å²) in [6.07, 6.45) is 6.25. The first-order valence-corrected chi connectivity index (χ1v) is 10.0. The van der Waals surface area contributed by atoms with Crippen LogP contribution in [0.1, 0.15) is 46.0 Å². The molecule has 0 spiro atoms. The van der Waals surface area contributed by atoms with E-state index < -0.39 is 0 Å². The summed E-state index contributed by atoms with van der Waals surface area (Å²) >= 11 is 0. The highest BCUT2D eigenvalue weighted by Gasteiger charge is 2.23. The van der Waals surface area contributed by atoms with Gasteiger partial charge in [0, 0.05) is 44.5 Å². The molecule has 1 aliphatic rings. The minimum Gasteiger partial charge on any atom is -0.497 e. The number of rotatable bonds is 9. The molecule has 0 aliphatic carbocycles. The second-order valence-electron chi connectivity index (χ2n) is 7.30. The maximum absolute atomic E-state index is 5.34. The minimum absolute atomic E-state index is 0. The third kappa shape index (κ3) is 8.15. The number of guanidine groups is 1. The van der Waals surface area contributed by atoms with Gasteiger partial charge in [-0.3, -0.25) is 4.99 Å². The van der Waals surface area contributed by atoms with Gasteiger partial charge in [-0.05, 0) is 37.8 Å². The van der Waals surface area contributed by atoms with Gasteiger partial charge in [0.05, 0.1) is 7.11 Å². The van der Waals surface area contributed by atoms with Crippen molar-refractivity contribution in [1.82, 2.24) is 10.6 Å². The zero-order valence-electron chi connectivity index (χ0n) is 17.3. The van der Waals surface area contributed by atoms with Crippen molar-refractivity contribution in [3.05, 3.63) is 24.3 Å². The van der Waals surface area contributed by atoms with Crippen LogP contribution in [0.15, 0.2) is 29.3 Å². The van der Waals surface area contributed by atoms with Gasteiger partial charge in [0.2, 0.25) is 0 Å². The summed E-state index contributed by atoms with van der Waals surface area (Å²) in [6.45, 7) is 7.61. The molecular weight excluding hydrogens is 451 g/mol. The van der Waals surface area contributed by atoms with Crippen LogP contribution in [0.2, 0.25) is 0 Å². The number of hydrogen-bond acceptors (Lipinski definition) is 3. The van der Waals surface area contributed by atoms with Crippen LogP contribution < -0.4 is 20.3 Å². The van der Waals surface area contributed by atoms with Crippen molar-refractivity contribution in [3.8, 4) is 5.75 Å². The molecule has 1 aromatic rings. The number of nitrogens with zero attached hydrogens (tertiary/aromatic N) is 2. The van der Waals surface area contributed by atoms with Crippen LogP contribution in [0.4, 0.5) is 5.69 Å². The molecular formula is C21H37IN4O. The summed E-state index contributed by atoms with van der Waals surface area (Å²) in [5.74, 6) is 2.48. The Morgan fingerprint density at radius 1 is 1.37 bits per heavy atom. The van der Waals surface area contributed by atoms with Crippen LogP contribution >= 0.6 is 24.0 Å². The zero-order chi connectivity index (χ0) is 18.8. The topological polar surface area (TPSA) is 48.9 Å². The molecule has 154 valence electrons. The van der Waals surface area contributed by atoms with Gasteiger partial charge in [0.25, 0.3) is 0 Å².